The summed E-state index contributed by atoms with van der Waals surface area (Å²) in [5.74, 6) is -1.49. The van der Waals surface area contributed by atoms with E-state index in [1.165, 1.54) is 16.7 Å². The fourth-order valence-corrected chi connectivity index (χ4v) is 7.36. The van der Waals surface area contributed by atoms with E-state index < -0.39 is 18.0 Å². The average Bonchev–Trinajstić information content (AvgIpc) is 3.31. The number of hydrogen-bond acceptors (Lipinski definition) is 7. The zero-order chi connectivity index (χ0) is 26.5. The van der Waals surface area contributed by atoms with Crippen LogP contribution in [0.4, 0.5) is 0 Å². The quantitative estimate of drug-likeness (QED) is 0.504. The van der Waals surface area contributed by atoms with Gasteiger partial charge in [0.15, 0.2) is 0 Å². The average molecular weight is 518 g/mol. The molecule has 4 rings (SSSR count). The first kappa shape index (κ1) is 26.5. The number of aliphatic hydroxyl groups excluding tert-OH is 1. The lowest BCUT2D eigenvalue weighted by molar-refractivity contribution is -0.163. The van der Waals surface area contributed by atoms with Crippen LogP contribution in [0.5, 0.6) is 5.75 Å². The molecule has 1 aromatic rings. The van der Waals surface area contributed by atoms with Crippen molar-refractivity contribution in [2.75, 3.05) is 27.7 Å². The molecule has 0 saturated carbocycles. The number of aliphatic carboxylic acids is 1. The maximum absolute atomic E-state index is 13.1. The van der Waals surface area contributed by atoms with Gasteiger partial charge in [0, 0.05) is 48.8 Å². The number of methoxy groups -OCH3 is 1. The van der Waals surface area contributed by atoms with E-state index in [0.717, 1.165) is 16.9 Å². The summed E-state index contributed by atoms with van der Waals surface area (Å²) >= 11 is 1.46. The number of carbonyl (C=O) groups is 3. The van der Waals surface area contributed by atoms with Crippen LogP contribution in [0.25, 0.3) is 0 Å². The summed E-state index contributed by atoms with van der Waals surface area (Å²) < 4.78 is 5.58. The predicted octanol–water partition coefficient (Wildman–Crippen LogP) is 1.92. The van der Waals surface area contributed by atoms with Gasteiger partial charge in [-0.2, -0.15) is 0 Å². The van der Waals surface area contributed by atoms with Crippen molar-refractivity contribution in [3.8, 4) is 5.75 Å². The second kappa shape index (κ2) is 10.1. The summed E-state index contributed by atoms with van der Waals surface area (Å²) in [6.07, 6.45) is -0.272. The van der Waals surface area contributed by atoms with Gasteiger partial charge >= 0.3 is 5.97 Å². The maximum Gasteiger partial charge on any atom is 0.353 e. The third-order valence-corrected chi connectivity index (χ3v) is 9.14. The van der Waals surface area contributed by atoms with Gasteiger partial charge in [-0.05, 0) is 31.9 Å². The SMILES string of the molecule is COc1cccc(C)c1CN1C[C@@H](SC2=C(C(=O)O)N3C(=O)[C@H]([C@@H](C)O)[C@H]3[C@H]2C)C[C@H]1C(=O)N(C)C. The molecule has 6 atom stereocenters. The number of thioether (sulfide) groups is 1. The minimum Gasteiger partial charge on any atom is -0.496 e. The zero-order valence-electron chi connectivity index (χ0n) is 21.6. The fraction of sp³-hybridized carbons (Fsp3) is 0.577. The van der Waals surface area contributed by atoms with Crippen LogP contribution in [0.3, 0.4) is 0 Å². The van der Waals surface area contributed by atoms with Crippen LogP contribution < -0.4 is 4.74 Å². The summed E-state index contributed by atoms with van der Waals surface area (Å²) in [6.45, 7) is 6.64. The molecule has 0 spiro atoms. The second-order valence-electron chi connectivity index (χ2n) is 10.2. The summed E-state index contributed by atoms with van der Waals surface area (Å²) in [6, 6.07) is 5.18. The number of likely N-dealkylation sites (N-methyl/N-ethyl adjacent to an activating group) is 1. The Balaban J connectivity index is 1.61. The molecule has 2 fully saturated rings. The number of benzene rings is 1. The van der Waals surface area contributed by atoms with Crippen molar-refractivity contribution < 1.29 is 29.3 Å². The Labute approximate surface area is 216 Å². The summed E-state index contributed by atoms with van der Waals surface area (Å²) in [4.78, 5) is 43.8. The number of aryl methyl sites for hydroxylation is 1. The number of aliphatic hydroxyl groups is 1. The molecule has 3 heterocycles. The number of hydrogen-bond donors (Lipinski definition) is 2. The first-order valence-electron chi connectivity index (χ1n) is 12.2. The zero-order valence-corrected chi connectivity index (χ0v) is 22.4. The lowest BCUT2D eigenvalue weighted by Gasteiger charge is -2.46. The monoisotopic (exact) mass is 517 g/mol. The van der Waals surface area contributed by atoms with Crippen molar-refractivity contribution in [2.24, 2.45) is 11.8 Å². The van der Waals surface area contributed by atoms with Gasteiger partial charge in [-0.3, -0.25) is 14.5 Å². The minimum atomic E-state index is -1.13. The molecule has 0 aliphatic carbocycles. The molecule has 36 heavy (non-hydrogen) atoms. The molecule has 0 aromatic heterocycles. The number of carboxylic acids is 1. The van der Waals surface area contributed by atoms with E-state index in [-0.39, 0.29) is 40.8 Å². The highest BCUT2D eigenvalue weighted by Crippen LogP contribution is 2.52. The molecule has 1 aromatic carbocycles. The highest BCUT2D eigenvalue weighted by atomic mass is 32.2. The molecule has 9 nitrogen and oxygen atoms in total. The molecule has 0 radical (unpaired) electrons. The van der Waals surface area contributed by atoms with Gasteiger partial charge in [0.2, 0.25) is 11.8 Å². The Morgan fingerprint density at radius 1 is 1.31 bits per heavy atom. The number of fused-ring (bicyclic) bond motifs is 1. The van der Waals surface area contributed by atoms with Gasteiger partial charge in [0.1, 0.15) is 11.4 Å². The molecule has 0 unspecified atom stereocenters. The van der Waals surface area contributed by atoms with Crippen molar-refractivity contribution in [2.45, 2.75) is 57.2 Å². The summed E-state index contributed by atoms with van der Waals surface area (Å²) in [5.41, 5.74) is 2.12. The third-order valence-electron chi connectivity index (χ3n) is 7.64. The first-order chi connectivity index (χ1) is 17.0. The number of rotatable bonds is 8. The third kappa shape index (κ3) is 4.39. The van der Waals surface area contributed by atoms with E-state index in [9.17, 15) is 24.6 Å². The van der Waals surface area contributed by atoms with Crippen LogP contribution in [0, 0.1) is 18.8 Å². The van der Waals surface area contributed by atoms with Crippen LogP contribution in [0.2, 0.25) is 0 Å². The molecule has 2 N–H and O–H groups in total. The number of β-lactam (4-membered cyclic amide) rings is 1. The number of likely N-dealkylation sites (tertiary alicyclic amines) is 1. The molecule has 10 heteroatoms. The Bertz CT molecular complexity index is 1100. The van der Waals surface area contributed by atoms with E-state index in [1.54, 1.807) is 33.0 Å². The molecule has 2 amide bonds. The smallest absolute Gasteiger partial charge is 0.353 e. The van der Waals surface area contributed by atoms with Crippen LogP contribution in [0.15, 0.2) is 28.8 Å². The van der Waals surface area contributed by atoms with Crippen molar-refractivity contribution in [1.82, 2.24) is 14.7 Å². The highest BCUT2D eigenvalue weighted by Gasteiger charge is 2.60. The number of ether oxygens (including phenoxy) is 1. The van der Waals surface area contributed by atoms with Gasteiger partial charge in [0.25, 0.3) is 0 Å². The molecule has 196 valence electrons. The van der Waals surface area contributed by atoms with Crippen LogP contribution in [0.1, 0.15) is 31.4 Å². The molecule has 2 saturated heterocycles. The van der Waals surface area contributed by atoms with E-state index in [4.69, 9.17) is 4.74 Å². The highest BCUT2D eigenvalue weighted by molar-refractivity contribution is 8.03. The lowest BCUT2D eigenvalue weighted by atomic mass is 9.79. The van der Waals surface area contributed by atoms with Gasteiger partial charge in [0.05, 0.1) is 31.2 Å². The molecule has 0 bridgehead atoms. The Hall–Kier alpha value is -2.56. The second-order valence-corrected chi connectivity index (χ2v) is 11.5. The lowest BCUT2D eigenvalue weighted by Crippen LogP contribution is -2.63. The van der Waals surface area contributed by atoms with Crippen molar-refractivity contribution >= 4 is 29.5 Å². The van der Waals surface area contributed by atoms with Crippen LogP contribution >= 0.6 is 11.8 Å². The maximum atomic E-state index is 13.1. The molecule has 3 aliphatic heterocycles. The number of amides is 2. The topological polar surface area (TPSA) is 111 Å². The molecular weight excluding hydrogens is 482 g/mol. The number of nitrogens with zero attached hydrogens (tertiary/aromatic N) is 3. The van der Waals surface area contributed by atoms with Crippen molar-refractivity contribution in [3.63, 3.8) is 0 Å². The van der Waals surface area contributed by atoms with E-state index >= 15 is 0 Å². The van der Waals surface area contributed by atoms with Gasteiger partial charge in [-0.15, -0.1) is 11.8 Å². The van der Waals surface area contributed by atoms with Crippen molar-refractivity contribution in [1.29, 1.82) is 0 Å². The number of carbonyl (C=O) groups excluding carboxylic acids is 2. The molecular formula is C26H35N3O6S. The van der Waals surface area contributed by atoms with E-state index in [2.05, 4.69) is 4.90 Å². The standard InChI is InChI=1S/C26H35N3O6S/c1-13-8-7-9-19(35-6)17(13)12-28-11-16(10-18(28)24(31)27(4)5)36-23-14(2)21-20(15(3)30)25(32)29(21)22(23)26(33)34/h7-9,14-16,18,20-21,30H,10-12H2,1-6H3,(H,33,34)/t14-,15-,16+,18+,20-,21-/m1/s1. The largest absolute Gasteiger partial charge is 0.496 e. The van der Waals surface area contributed by atoms with Gasteiger partial charge in [-0.1, -0.05) is 19.1 Å². The minimum absolute atomic E-state index is 0.00530. The first-order valence-corrected chi connectivity index (χ1v) is 13.1. The normalized spacial score (nSPS) is 28.7. The fourth-order valence-electron chi connectivity index (χ4n) is 5.81. The Kier molecular flexibility index (Phi) is 7.41. The number of carboxylic acid groups (broad SMARTS) is 1. The van der Waals surface area contributed by atoms with Crippen LogP contribution in [-0.2, 0) is 20.9 Å². The van der Waals surface area contributed by atoms with Crippen molar-refractivity contribution in [3.05, 3.63) is 39.9 Å². The van der Waals surface area contributed by atoms with E-state index in [1.807, 2.05) is 32.0 Å². The van der Waals surface area contributed by atoms with Gasteiger partial charge in [-0.25, -0.2) is 4.79 Å². The summed E-state index contributed by atoms with van der Waals surface area (Å²) in [5, 5.41) is 20.1. The summed E-state index contributed by atoms with van der Waals surface area (Å²) in [7, 11) is 5.12. The Morgan fingerprint density at radius 3 is 2.58 bits per heavy atom. The van der Waals surface area contributed by atoms with Gasteiger partial charge < -0.3 is 24.7 Å². The Morgan fingerprint density at radius 2 is 2.00 bits per heavy atom. The van der Waals surface area contributed by atoms with Crippen LogP contribution in [-0.4, -0.2) is 93.9 Å². The van der Waals surface area contributed by atoms with E-state index in [0.29, 0.717) is 24.4 Å². The molecule has 3 aliphatic rings. The predicted molar refractivity (Wildman–Crippen MR) is 136 cm³/mol.